The van der Waals surface area contributed by atoms with Gasteiger partial charge in [-0.1, -0.05) is 30.3 Å². The fraction of sp³-hybridized carbons (Fsp3) is 0.429. The molecule has 0 fully saturated rings. The van der Waals surface area contributed by atoms with Crippen LogP contribution >= 0.6 is 0 Å². The molecule has 19 heavy (non-hydrogen) atoms. The molecule has 2 aromatic rings. The Kier molecular flexibility index (Phi) is 4.63. The Hall–Kier alpha value is -1.75. The van der Waals surface area contributed by atoms with Crippen molar-refractivity contribution in [1.29, 1.82) is 0 Å². The number of nitrogens with one attached hydrogen (secondary N) is 1. The van der Waals surface area contributed by atoms with E-state index >= 15 is 0 Å². The molecular formula is C14H18FN3O. The van der Waals surface area contributed by atoms with Gasteiger partial charge in [0.05, 0.1) is 0 Å². The summed E-state index contributed by atoms with van der Waals surface area (Å²) < 4.78 is 18.7. The number of aryl methyl sites for hydroxylation is 1. The van der Waals surface area contributed by atoms with Crippen LogP contribution in [0.5, 0.6) is 0 Å². The molecule has 1 atom stereocenters. The molecule has 0 radical (unpaired) electrons. The minimum atomic E-state index is -0.171. The lowest BCUT2D eigenvalue weighted by molar-refractivity contribution is 0.368. The van der Waals surface area contributed by atoms with Gasteiger partial charge in [-0.15, -0.1) is 0 Å². The van der Waals surface area contributed by atoms with Crippen LogP contribution in [0.15, 0.2) is 28.8 Å². The van der Waals surface area contributed by atoms with E-state index in [0.29, 0.717) is 30.2 Å². The molecular weight excluding hydrogens is 245 g/mol. The van der Waals surface area contributed by atoms with Crippen molar-refractivity contribution in [3.05, 3.63) is 47.4 Å². The second-order valence-electron chi connectivity index (χ2n) is 4.42. The highest BCUT2D eigenvalue weighted by Gasteiger charge is 2.13. The van der Waals surface area contributed by atoms with Crippen LogP contribution in [-0.4, -0.2) is 16.7 Å². The molecule has 5 heteroatoms. The molecule has 102 valence electrons. The molecule has 0 spiro atoms. The Morgan fingerprint density at radius 3 is 2.79 bits per heavy atom. The summed E-state index contributed by atoms with van der Waals surface area (Å²) in [6.45, 7) is 4.49. The van der Waals surface area contributed by atoms with E-state index < -0.39 is 0 Å². The molecule has 0 aliphatic rings. The lowest BCUT2D eigenvalue weighted by Crippen LogP contribution is -2.24. The smallest absolute Gasteiger partial charge is 0.227 e. The van der Waals surface area contributed by atoms with Gasteiger partial charge in [0.25, 0.3) is 0 Å². The third-order valence-corrected chi connectivity index (χ3v) is 2.99. The van der Waals surface area contributed by atoms with E-state index in [4.69, 9.17) is 4.52 Å². The predicted octanol–water partition coefficient (Wildman–Crippen LogP) is 2.80. The topological polar surface area (TPSA) is 51.0 Å². The third-order valence-electron chi connectivity index (χ3n) is 2.99. The lowest BCUT2D eigenvalue weighted by atomic mass is 10.0. The Bertz CT molecular complexity index is 527. The molecule has 2 rings (SSSR count). The monoisotopic (exact) mass is 263 g/mol. The Morgan fingerprint density at radius 2 is 2.16 bits per heavy atom. The second-order valence-corrected chi connectivity index (χ2v) is 4.42. The normalized spacial score (nSPS) is 12.6. The lowest BCUT2D eigenvalue weighted by Gasteiger charge is -2.17. The zero-order valence-electron chi connectivity index (χ0n) is 11.2. The molecule has 1 heterocycles. The van der Waals surface area contributed by atoms with Crippen molar-refractivity contribution < 1.29 is 8.91 Å². The second kappa shape index (κ2) is 6.43. The molecule has 0 bridgehead atoms. The van der Waals surface area contributed by atoms with E-state index in [0.717, 1.165) is 6.42 Å². The first kappa shape index (κ1) is 13.7. The van der Waals surface area contributed by atoms with E-state index in [2.05, 4.69) is 15.5 Å². The van der Waals surface area contributed by atoms with Crippen LogP contribution in [0, 0.1) is 12.7 Å². The molecule has 4 nitrogen and oxygen atoms in total. The van der Waals surface area contributed by atoms with Gasteiger partial charge >= 0.3 is 0 Å². The number of halogens is 1. The minimum Gasteiger partial charge on any atom is -0.339 e. The van der Waals surface area contributed by atoms with Crippen molar-refractivity contribution in [1.82, 2.24) is 15.5 Å². The van der Waals surface area contributed by atoms with Gasteiger partial charge in [-0.05, 0) is 19.4 Å². The van der Waals surface area contributed by atoms with Gasteiger partial charge in [-0.2, -0.15) is 4.98 Å². The quantitative estimate of drug-likeness (QED) is 0.870. The van der Waals surface area contributed by atoms with Gasteiger partial charge in [-0.3, -0.25) is 0 Å². The maximum Gasteiger partial charge on any atom is 0.227 e. The zero-order valence-corrected chi connectivity index (χ0v) is 11.2. The summed E-state index contributed by atoms with van der Waals surface area (Å²) in [4.78, 5) is 4.13. The molecule has 0 aliphatic heterocycles. The Morgan fingerprint density at radius 1 is 1.37 bits per heavy atom. The van der Waals surface area contributed by atoms with Gasteiger partial charge in [0, 0.05) is 24.6 Å². The standard InChI is InChI=1S/C14H18FN3O/c1-3-13(11-6-4-5-7-12(11)15)16-9-8-14-17-10(2)18-19-14/h4-7,13,16H,3,8-9H2,1-2H3/t13-/m1/s1. The fourth-order valence-corrected chi connectivity index (χ4v) is 2.03. The number of benzene rings is 1. The van der Waals surface area contributed by atoms with Crippen LogP contribution in [0.4, 0.5) is 4.39 Å². The number of nitrogens with zero attached hydrogens (tertiary/aromatic N) is 2. The van der Waals surface area contributed by atoms with Crippen LogP contribution in [0.1, 0.15) is 36.7 Å². The number of aromatic nitrogens is 2. The summed E-state index contributed by atoms with van der Waals surface area (Å²) in [6, 6.07) is 6.86. The maximum absolute atomic E-state index is 13.7. The van der Waals surface area contributed by atoms with Gasteiger partial charge in [0.1, 0.15) is 5.82 Å². The van der Waals surface area contributed by atoms with Crippen molar-refractivity contribution in [2.75, 3.05) is 6.54 Å². The van der Waals surface area contributed by atoms with Crippen molar-refractivity contribution in [2.24, 2.45) is 0 Å². The predicted molar refractivity (Wildman–Crippen MR) is 70.2 cm³/mol. The van der Waals surface area contributed by atoms with Crippen LogP contribution in [0.25, 0.3) is 0 Å². The maximum atomic E-state index is 13.7. The van der Waals surface area contributed by atoms with E-state index in [1.54, 1.807) is 13.0 Å². The molecule has 1 aromatic carbocycles. The average molecular weight is 263 g/mol. The van der Waals surface area contributed by atoms with Crippen LogP contribution in [-0.2, 0) is 6.42 Å². The molecule has 0 unspecified atom stereocenters. The van der Waals surface area contributed by atoms with Gasteiger partial charge in [0.2, 0.25) is 5.89 Å². The fourth-order valence-electron chi connectivity index (χ4n) is 2.03. The van der Waals surface area contributed by atoms with Crippen LogP contribution in [0.2, 0.25) is 0 Å². The van der Waals surface area contributed by atoms with Gasteiger partial charge in [-0.25, -0.2) is 4.39 Å². The summed E-state index contributed by atoms with van der Waals surface area (Å²) in [5.41, 5.74) is 0.701. The van der Waals surface area contributed by atoms with E-state index in [9.17, 15) is 4.39 Å². The van der Waals surface area contributed by atoms with E-state index in [-0.39, 0.29) is 11.9 Å². The number of rotatable bonds is 6. The molecule has 0 aliphatic carbocycles. The molecule has 0 saturated heterocycles. The summed E-state index contributed by atoms with van der Waals surface area (Å²) in [6.07, 6.45) is 1.47. The SMILES string of the molecule is CC[C@@H](NCCc1nc(C)no1)c1ccccc1F. The van der Waals surface area contributed by atoms with Crippen molar-refractivity contribution in [3.63, 3.8) is 0 Å². The highest BCUT2D eigenvalue weighted by atomic mass is 19.1. The summed E-state index contributed by atoms with van der Waals surface area (Å²) in [5, 5.41) is 7.05. The molecule has 1 N–H and O–H groups in total. The number of hydrogen-bond donors (Lipinski definition) is 1. The summed E-state index contributed by atoms with van der Waals surface area (Å²) in [5.74, 6) is 1.07. The average Bonchev–Trinajstić information content (AvgIpc) is 2.82. The molecule has 1 aromatic heterocycles. The zero-order chi connectivity index (χ0) is 13.7. The Labute approximate surface area is 112 Å². The number of hydrogen-bond acceptors (Lipinski definition) is 4. The molecule has 0 amide bonds. The molecule has 0 saturated carbocycles. The van der Waals surface area contributed by atoms with Crippen molar-refractivity contribution in [3.8, 4) is 0 Å². The van der Waals surface area contributed by atoms with E-state index in [1.165, 1.54) is 6.07 Å². The Balaban J connectivity index is 1.91. The van der Waals surface area contributed by atoms with Crippen LogP contribution < -0.4 is 5.32 Å². The summed E-state index contributed by atoms with van der Waals surface area (Å²) >= 11 is 0. The van der Waals surface area contributed by atoms with Gasteiger partial charge < -0.3 is 9.84 Å². The van der Waals surface area contributed by atoms with Gasteiger partial charge in [0.15, 0.2) is 5.82 Å². The first-order valence-electron chi connectivity index (χ1n) is 6.47. The van der Waals surface area contributed by atoms with Crippen molar-refractivity contribution >= 4 is 0 Å². The van der Waals surface area contributed by atoms with Crippen molar-refractivity contribution in [2.45, 2.75) is 32.7 Å². The summed E-state index contributed by atoms with van der Waals surface area (Å²) in [7, 11) is 0. The van der Waals surface area contributed by atoms with E-state index in [1.807, 2.05) is 19.1 Å². The first-order chi connectivity index (χ1) is 9.20. The highest BCUT2D eigenvalue weighted by Crippen LogP contribution is 2.19. The van der Waals surface area contributed by atoms with Crippen LogP contribution in [0.3, 0.4) is 0 Å². The highest BCUT2D eigenvalue weighted by molar-refractivity contribution is 5.21. The largest absolute Gasteiger partial charge is 0.339 e. The minimum absolute atomic E-state index is 0.00483. The third kappa shape index (κ3) is 3.61. The first-order valence-corrected chi connectivity index (χ1v) is 6.47.